The van der Waals surface area contributed by atoms with Crippen molar-refractivity contribution >= 4 is 33.9 Å². The predicted molar refractivity (Wildman–Crippen MR) is 76.8 cm³/mol. The van der Waals surface area contributed by atoms with Crippen LogP contribution in [0.3, 0.4) is 0 Å². The van der Waals surface area contributed by atoms with Gasteiger partial charge in [0.15, 0.2) is 11.5 Å². The summed E-state index contributed by atoms with van der Waals surface area (Å²) in [5.74, 6) is -0.907. The van der Waals surface area contributed by atoms with Gasteiger partial charge in [-0.1, -0.05) is 0 Å². The Bertz CT molecular complexity index is 595. The first kappa shape index (κ1) is 15.4. The van der Waals surface area contributed by atoms with Gasteiger partial charge >= 0.3 is 11.9 Å². The lowest BCUT2D eigenvalue weighted by molar-refractivity contribution is -0.156. The lowest BCUT2D eigenvalue weighted by Gasteiger charge is -2.07. The summed E-state index contributed by atoms with van der Waals surface area (Å²) in [6.07, 6.45) is 2.24. The number of phenolic OH excluding ortho intramolecular Hbond substituents is 1. The first-order valence-electron chi connectivity index (χ1n) is 6.13. The molecule has 1 aliphatic rings. The van der Waals surface area contributed by atoms with Gasteiger partial charge < -0.3 is 19.3 Å². The van der Waals surface area contributed by atoms with Crippen molar-refractivity contribution in [2.45, 2.75) is 12.5 Å². The Hall–Kier alpha value is -2.02. The zero-order valence-electron chi connectivity index (χ0n) is 11.2. The summed E-state index contributed by atoms with van der Waals surface area (Å²) in [4.78, 5) is 22.8. The summed E-state index contributed by atoms with van der Waals surface area (Å²) in [7, 11) is 1.43. The minimum Gasteiger partial charge on any atom is -0.503 e. The van der Waals surface area contributed by atoms with Crippen LogP contribution in [-0.2, 0) is 19.1 Å². The fourth-order valence-corrected chi connectivity index (χ4v) is 2.23. The first-order chi connectivity index (χ1) is 10.0. The number of benzene rings is 1. The standard InChI is InChI=1S/C14H13BrO6/c1-19-11-7-8(6-9(15)13(11)17)2-3-12(16)21-10-4-5-20-14(10)18/h2-3,6-7,10,17H,4-5H2,1H3/b3-2+/t10-/m1/s1. The third-order valence-corrected chi connectivity index (χ3v) is 3.43. The Morgan fingerprint density at radius 2 is 2.29 bits per heavy atom. The van der Waals surface area contributed by atoms with Crippen LogP contribution in [0.2, 0.25) is 0 Å². The van der Waals surface area contributed by atoms with Crippen molar-refractivity contribution in [2.24, 2.45) is 0 Å². The van der Waals surface area contributed by atoms with E-state index >= 15 is 0 Å². The molecule has 1 saturated heterocycles. The van der Waals surface area contributed by atoms with Gasteiger partial charge in [-0.3, -0.25) is 0 Å². The van der Waals surface area contributed by atoms with E-state index < -0.39 is 18.0 Å². The normalized spacial score (nSPS) is 17.8. The third-order valence-electron chi connectivity index (χ3n) is 2.83. The number of phenols is 1. The van der Waals surface area contributed by atoms with E-state index in [-0.39, 0.29) is 18.1 Å². The van der Waals surface area contributed by atoms with Crippen LogP contribution < -0.4 is 4.74 Å². The second kappa shape index (κ2) is 6.62. The molecule has 6 nitrogen and oxygen atoms in total. The molecule has 0 spiro atoms. The van der Waals surface area contributed by atoms with Crippen LogP contribution >= 0.6 is 15.9 Å². The van der Waals surface area contributed by atoms with Gasteiger partial charge in [-0.05, 0) is 39.7 Å². The van der Waals surface area contributed by atoms with Crippen LogP contribution in [0.5, 0.6) is 11.5 Å². The monoisotopic (exact) mass is 356 g/mol. The SMILES string of the molecule is COc1cc(/C=C/C(=O)O[C@@H]2CCOC2=O)cc(Br)c1O. The molecule has 112 valence electrons. The molecular formula is C14H13BrO6. The van der Waals surface area contributed by atoms with Crippen molar-refractivity contribution in [3.8, 4) is 11.5 Å². The van der Waals surface area contributed by atoms with E-state index in [4.69, 9.17) is 14.2 Å². The number of esters is 2. The smallest absolute Gasteiger partial charge is 0.347 e. The minimum absolute atomic E-state index is 0.0223. The molecule has 1 heterocycles. The predicted octanol–water partition coefficient (Wildman–Crippen LogP) is 2.04. The van der Waals surface area contributed by atoms with Crippen molar-refractivity contribution in [2.75, 3.05) is 13.7 Å². The highest BCUT2D eigenvalue weighted by atomic mass is 79.9. The van der Waals surface area contributed by atoms with Crippen molar-refractivity contribution in [3.63, 3.8) is 0 Å². The van der Waals surface area contributed by atoms with Gasteiger partial charge in [0.05, 0.1) is 18.2 Å². The second-order valence-corrected chi connectivity index (χ2v) is 5.12. The van der Waals surface area contributed by atoms with Crippen LogP contribution in [0, 0.1) is 0 Å². The maximum Gasteiger partial charge on any atom is 0.347 e. The van der Waals surface area contributed by atoms with E-state index in [2.05, 4.69) is 15.9 Å². The molecule has 0 amide bonds. The van der Waals surface area contributed by atoms with Crippen molar-refractivity contribution in [3.05, 3.63) is 28.2 Å². The molecule has 1 fully saturated rings. The number of halogens is 1. The van der Waals surface area contributed by atoms with Gasteiger partial charge in [-0.25, -0.2) is 9.59 Å². The van der Waals surface area contributed by atoms with Gasteiger partial charge in [0, 0.05) is 12.5 Å². The van der Waals surface area contributed by atoms with Crippen LogP contribution in [0.4, 0.5) is 0 Å². The fraction of sp³-hybridized carbons (Fsp3) is 0.286. The highest BCUT2D eigenvalue weighted by Gasteiger charge is 2.29. The molecule has 1 aromatic rings. The number of rotatable bonds is 4. The zero-order chi connectivity index (χ0) is 15.4. The third kappa shape index (κ3) is 3.75. The average Bonchev–Trinajstić information content (AvgIpc) is 2.85. The van der Waals surface area contributed by atoms with Gasteiger partial charge in [0.1, 0.15) is 0 Å². The molecule has 7 heteroatoms. The number of cyclic esters (lactones) is 1. The molecule has 0 unspecified atom stereocenters. The first-order valence-corrected chi connectivity index (χ1v) is 6.92. The molecule has 0 aliphatic carbocycles. The molecule has 1 aromatic carbocycles. The molecule has 21 heavy (non-hydrogen) atoms. The number of carbonyl (C=O) groups is 2. The number of aromatic hydroxyl groups is 1. The summed E-state index contributed by atoms with van der Waals surface area (Å²) in [6, 6.07) is 3.18. The summed E-state index contributed by atoms with van der Waals surface area (Å²) >= 11 is 3.18. The Labute approximate surface area is 129 Å². The topological polar surface area (TPSA) is 82.1 Å². The molecule has 0 saturated carbocycles. The Morgan fingerprint density at radius 1 is 1.52 bits per heavy atom. The van der Waals surface area contributed by atoms with E-state index in [1.54, 1.807) is 12.1 Å². The Balaban J connectivity index is 2.05. The number of ether oxygens (including phenoxy) is 3. The molecule has 1 atom stereocenters. The van der Waals surface area contributed by atoms with Gasteiger partial charge in [0.2, 0.25) is 6.10 Å². The maximum atomic E-state index is 11.6. The van der Waals surface area contributed by atoms with E-state index in [9.17, 15) is 14.7 Å². The summed E-state index contributed by atoms with van der Waals surface area (Å²) in [6.45, 7) is 0.266. The molecule has 0 radical (unpaired) electrons. The van der Waals surface area contributed by atoms with E-state index in [1.807, 2.05) is 0 Å². The zero-order valence-corrected chi connectivity index (χ0v) is 12.8. The highest BCUT2D eigenvalue weighted by molar-refractivity contribution is 9.10. The fourth-order valence-electron chi connectivity index (χ4n) is 1.77. The highest BCUT2D eigenvalue weighted by Crippen LogP contribution is 2.35. The van der Waals surface area contributed by atoms with Crippen LogP contribution in [0.25, 0.3) is 6.08 Å². The molecule has 0 aromatic heterocycles. The maximum absolute atomic E-state index is 11.6. The minimum atomic E-state index is -0.830. The molecule has 1 aliphatic heterocycles. The molecule has 1 N–H and O–H groups in total. The van der Waals surface area contributed by atoms with Gasteiger partial charge in [-0.2, -0.15) is 0 Å². The van der Waals surface area contributed by atoms with Crippen LogP contribution in [-0.4, -0.2) is 36.9 Å². The molecular weight excluding hydrogens is 344 g/mol. The second-order valence-electron chi connectivity index (χ2n) is 4.27. The number of methoxy groups -OCH3 is 1. The van der Waals surface area contributed by atoms with E-state index in [0.29, 0.717) is 16.5 Å². The van der Waals surface area contributed by atoms with E-state index in [0.717, 1.165) is 0 Å². The van der Waals surface area contributed by atoms with Crippen molar-refractivity contribution < 1.29 is 28.9 Å². The molecule has 0 bridgehead atoms. The Morgan fingerprint density at radius 3 is 2.90 bits per heavy atom. The number of hydrogen-bond donors (Lipinski definition) is 1. The quantitative estimate of drug-likeness (QED) is 0.656. The van der Waals surface area contributed by atoms with Crippen LogP contribution in [0.1, 0.15) is 12.0 Å². The summed E-state index contributed by atoms with van der Waals surface area (Å²) in [5, 5.41) is 9.68. The summed E-state index contributed by atoms with van der Waals surface area (Å²) < 4.78 is 15.1. The molecule has 2 rings (SSSR count). The summed E-state index contributed by atoms with van der Waals surface area (Å²) in [5.41, 5.74) is 0.627. The van der Waals surface area contributed by atoms with Crippen LogP contribution in [0.15, 0.2) is 22.7 Å². The number of hydrogen-bond acceptors (Lipinski definition) is 6. The Kier molecular flexibility index (Phi) is 4.85. The average molecular weight is 357 g/mol. The lowest BCUT2D eigenvalue weighted by atomic mass is 10.2. The van der Waals surface area contributed by atoms with Crippen molar-refractivity contribution in [1.29, 1.82) is 0 Å². The van der Waals surface area contributed by atoms with E-state index in [1.165, 1.54) is 19.3 Å². The lowest BCUT2D eigenvalue weighted by Crippen LogP contribution is -2.21. The van der Waals surface area contributed by atoms with Crippen molar-refractivity contribution in [1.82, 2.24) is 0 Å². The number of carbonyl (C=O) groups excluding carboxylic acids is 2. The van der Waals surface area contributed by atoms with Gasteiger partial charge in [-0.15, -0.1) is 0 Å². The largest absolute Gasteiger partial charge is 0.503 e. The van der Waals surface area contributed by atoms with Gasteiger partial charge in [0.25, 0.3) is 0 Å².